The molecule has 0 atom stereocenters. The summed E-state index contributed by atoms with van der Waals surface area (Å²) >= 11 is 0. The topological polar surface area (TPSA) is 29.5 Å². The molecule has 0 bridgehead atoms. The third kappa shape index (κ3) is 7.60. The lowest BCUT2D eigenvalue weighted by molar-refractivity contribution is 0.148. The van der Waals surface area contributed by atoms with Crippen molar-refractivity contribution in [1.29, 1.82) is 0 Å². The molecule has 0 unspecified atom stereocenters. The monoisotopic (exact) mass is 260 g/mol. The van der Waals surface area contributed by atoms with E-state index in [0.29, 0.717) is 13.2 Å². The Morgan fingerprint density at radius 1 is 1.11 bits per heavy atom. The van der Waals surface area contributed by atoms with Gasteiger partial charge in [0.15, 0.2) is 0 Å². The number of rotatable bonds is 8. The quantitative estimate of drug-likeness (QED) is 0.568. The maximum absolute atomic E-state index is 8.88. The van der Waals surface area contributed by atoms with E-state index in [4.69, 9.17) is 9.84 Å². The zero-order valence-corrected chi connectivity index (χ0v) is 11.9. The van der Waals surface area contributed by atoms with Gasteiger partial charge in [0, 0.05) is 0 Å². The number of benzene rings is 1. The lowest BCUT2D eigenvalue weighted by Crippen LogP contribution is -1.93. The summed E-state index contributed by atoms with van der Waals surface area (Å²) in [5.41, 5.74) is 3.57. The molecule has 19 heavy (non-hydrogen) atoms. The van der Waals surface area contributed by atoms with Crippen molar-refractivity contribution < 1.29 is 9.84 Å². The largest absolute Gasteiger partial charge is 0.392 e. The molecule has 1 aromatic rings. The highest BCUT2D eigenvalue weighted by Gasteiger charge is 1.92. The van der Waals surface area contributed by atoms with Gasteiger partial charge in [0.2, 0.25) is 0 Å². The number of hydrogen-bond acceptors (Lipinski definition) is 2. The minimum absolute atomic E-state index is 0.156. The van der Waals surface area contributed by atoms with Crippen LogP contribution < -0.4 is 0 Å². The van der Waals surface area contributed by atoms with Crippen molar-refractivity contribution in [2.75, 3.05) is 13.2 Å². The molecule has 0 radical (unpaired) electrons. The molecule has 1 aromatic carbocycles. The first-order valence-electron chi connectivity index (χ1n) is 6.76. The maximum atomic E-state index is 8.88. The highest BCUT2D eigenvalue weighted by Crippen LogP contribution is 2.07. The molecule has 0 amide bonds. The third-order valence-corrected chi connectivity index (χ3v) is 2.94. The molecule has 0 saturated heterocycles. The first-order chi connectivity index (χ1) is 9.22. The Kier molecular flexibility index (Phi) is 7.87. The van der Waals surface area contributed by atoms with Crippen LogP contribution in [0.1, 0.15) is 32.3 Å². The van der Waals surface area contributed by atoms with Crippen LogP contribution in [0.15, 0.2) is 53.6 Å². The van der Waals surface area contributed by atoms with Crippen LogP contribution in [-0.2, 0) is 11.3 Å². The Balaban J connectivity index is 2.18. The lowest BCUT2D eigenvalue weighted by Gasteiger charge is -2.03. The van der Waals surface area contributed by atoms with Crippen molar-refractivity contribution in [3.05, 3.63) is 59.2 Å². The minimum Gasteiger partial charge on any atom is -0.392 e. The standard InChI is InChI=1S/C17H24O2/c1-15(7-6-8-16(2)13-18)11-12-19-14-17-9-4-3-5-10-17/h3-5,8-11,18H,6-7,12-14H2,1-2H3/b15-11-,16-8-. The highest BCUT2D eigenvalue weighted by atomic mass is 16.5. The van der Waals surface area contributed by atoms with Crippen molar-refractivity contribution in [2.24, 2.45) is 0 Å². The molecule has 1 N–H and O–H groups in total. The van der Waals surface area contributed by atoms with E-state index in [1.165, 1.54) is 11.1 Å². The van der Waals surface area contributed by atoms with Gasteiger partial charge in [-0.3, -0.25) is 0 Å². The van der Waals surface area contributed by atoms with E-state index in [1.807, 2.05) is 25.1 Å². The number of allylic oxidation sites excluding steroid dienone is 2. The van der Waals surface area contributed by atoms with E-state index in [2.05, 4.69) is 31.2 Å². The van der Waals surface area contributed by atoms with Crippen LogP contribution >= 0.6 is 0 Å². The van der Waals surface area contributed by atoms with Crippen molar-refractivity contribution in [3.8, 4) is 0 Å². The zero-order valence-electron chi connectivity index (χ0n) is 11.9. The van der Waals surface area contributed by atoms with E-state index in [1.54, 1.807) is 0 Å². The summed E-state index contributed by atoms with van der Waals surface area (Å²) in [4.78, 5) is 0. The summed E-state index contributed by atoms with van der Waals surface area (Å²) in [7, 11) is 0. The van der Waals surface area contributed by atoms with Gasteiger partial charge in [-0.1, -0.05) is 53.6 Å². The second-order valence-electron chi connectivity index (χ2n) is 4.80. The van der Waals surface area contributed by atoms with Gasteiger partial charge in [-0.25, -0.2) is 0 Å². The summed E-state index contributed by atoms with van der Waals surface area (Å²) in [6.45, 7) is 5.54. The predicted octanol–water partition coefficient (Wildman–Crippen LogP) is 3.87. The molecule has 0 fully saturated rings. The fraction of sp³-hybridized carbons (Fsp3) is 0.412. The fourth-order valence-electron chi connectivity index (χ4n) is 1.67. The number of aliphatic hydroxyl groups excluding tert-OH is 1. The highest BCUT2D eigenvalue weighted by molar-refractivity contribution is 5.13. The van der Waals surface area contributed by atoms with Crippen molar-refractivity contribution in [3.63, 3.8) is 0 Å². The molecule has 0 heterocycles. The van der Waals surface area contributed by atoms with Gasteiger partial charge >= 0.3 is 0 Å². The van der Waals surface area contributed by atoms with Crippen LogP contribution in [0.3, 0.4) is 0 Å². The summed E-state index contributed by atoms with van der Waals surface area (Å²) in [5.74, 6) is 0. The van der Waals surface area contributed by atoms with E-state index < -0.39 is 0 Å². The maximum Gasteiger partial charge on any atom is 0.0721 e. The van der Waals surface area contributed by atoms with Crippen LogP contribution in [-0.4, -0.2) is 18.3 Å². The van der Waals surface area contributed by atoms with Crippen LogP contribution in [0.2, 0.25) is 0 Å². The van der Waals surface area contributed by atoms with E-state index in [0.717, 1.165) is 18.4 Å². The molecule has 0 aliphatic rings. The van der Waals surface area contributed by atoms with Crippen LogP contribution in [0.5, 0.6) is 0 Å². The normalized spacial score (nSPS) is 12.8. The second kappa shape index (κ2) is 9.54. The summed E-state index contributed by atoms with van der Waals surface area (Å²) in [6.07, 6.45) is 6.21. The summed E-state index contributed by atoms with van der Waals surface area (Å²) < 4.78 is 5.61. The Morgan fingerprint density at radius 2 is 1.84 bits per heavy atom. The van der Waals surface area contributed by atoms with Gasteiger partial charge in [-0.15, -0.1) is 0 Å². The van der Waals surface area contributed by atoms with Gasteiger partial charge in [0.1, 0.15) is 0 Å². The Labute approximate surface area is 116 Å². The Bertz CT molecular complexity index is 405. The first kappa shape index (κ1) is 15.7. The Hall–Kier alpha value is -1.38. The number of aliphatic hydroxyl groups is 1. The number of hydrogen-bond donors (Lipinski definition) is 1. The molecule has 0 aliphatic heterocycles. The molecule has 1 rings (SSSR count). The molecule has 0 aromatic heterocycles. The predicted molar refractivity (Wildman–Crippen MR) is 79.9 cm³/mol. The van der Waals surface area contributed by atoms with E-state index in [-0.39, 0.29) is 6.61 Å². The molecule has 0 aliphatic carbocycles. The third-order valence-electron chi connectivity index (χ3n) is 2.94. The van der Waals surface area contributed by atoms with Gasteiger partial charge in [-0.2, -0.15) is 0 Å². The molecule has 0 saturated carbocycles. The molecule has 2 nitrogen and oxygen atoms in total. The van der Waals surface area contributed by atoms with Crippen molar-refractivity contribution >= 4 is 0 Å². The SMILES string of the molecule is C/C(=C/CC/C(C)=C\COCc1ccccc1)CO. The van der Waals surface area contributed by atoms with Gasteiger partial charge < -0.3 is 9.84 Å². The molecular formula is C17H24O2. The molecule has 2 heteroatoms. The first-order valence-corrected chi connectivity index (χ1v) is 6.76. The van der Waals surface area contributed by atoms with Crippen molar-refractivity contribution in [1.82, 2.24) is 0 Å². The summed E-state index contributed by atoms with van der Waals surface area (Å²) in [5, 5.41) is 8.88. The average Bonchev–Trinajstić information content (AvgIpc) is 2.44. The minimum atomic E-state index is 0.156. The van der Waals surface area contributed by atoms with Crippen LogP contribution in [0.4, 0.5) is 0 Å². The van der Waals surface area contributed by atoms with Crippen LogP contribution in [0, 0.1) is 0 Å². The van der Waals surface area contributed by atoms with E-state index >= 15 is 0 Å². The summed E-state index contributed by atoms with van der Waals surface area (Å²) in [6, 6.07) is 10.2. The smallest absolute Gasteiger partial charge is 0.0721 e. The van der Waals surface area contributed by atoms with Crippen LogP contribution in [0.25, 0.3) is 0 Å². The van der Waals surface area contributed by atoms with Gasteiger partial charge in [0.25, 0.3) is 0 Å². The van der Waals surface area contributed by atoms with E-state index in [9.17, 15) is 0 Å². The fourth-order valence-corrected chi connectivity index (χ4v) is 1.67. The number of ether oxygens (including phenoxy) is 1. The second-order valence-corrected chi connectivity index (χ2v) is 4.80. The Morgan fingerprint density at radius 3 is 2.53 bits per heavy atom. The molecular weight excluding hydrogens is 236 g/mol. The molecule has 104 valence electrons. The zero-order chi connectivity index (χ0) is 13.9. The van der Waals surface area contributed by atoms with Crippen molar-refractivity contribution in [2.45, 2.75) is 33.3 Å². The lowest BCUT2D eigenvalue weighted by atomic mass is 10.1. The van der Waals surface area contributed by atoms with Gasteiger partial charge in [-0.05, 0) is 32.3 Å². The molecule has 0 spiro atoms. The van der Waals surface area contributed by atoms with Gasteiger partial charge in [0.05, 0.1) is 19.8 Å². The average molecular weight is 260 g/mol.